The molecule has 1 amide bonds. The number of ether oxygens (including phenoxy) is 1. The van der Waals surface area contributed by atoms with E-state index in [4.69, 9.17) is 4.74 Å². The molecule has 21 heavy (non-hydrogen) atoms. The summed E-state index contributed by atoms with van der Waals surface area (Å²) in [7, 11) is 0. The van der Waals surface area contributed by atoms with Crippen molar-refractivity contribution in [3.05, 3.63) is 28.7 Å². The van der Waals surface area contributed by atoms with Crippen molar-refractivity contribution in [3.63, 3.8) is 0 Å². The van der Waals surface area contributed by atoms with Crippen molar-refractivity contribution in [1.82, 2.24) is 4.90 Å². The van der Waals surface area contributed by atoms with Gasteiger partial charge in [0.15, 0.2) is 0 Å². The highest BCUT2D eigenvalue weighted by molar-refractivity contribution is 9.10. The molecule has 1 saturated heterocycles. The summed E-state index contributed by atoms with van der Waals surface area (Å²) in [5.74, 6) is 0. The third-order valence-electron chi connectivity index (χ3n) is 3.69. The zero-order valence-electron chi connectivity index (χ0n) is 12.5. The predicted molar refractivity (Wildman–Crippen MR) is 88.6 cm³/mol. The lowest BCUT2D eigenvalue weighted by atomic mass is 10.1. The Labute approximate surface area is 135 Å². The zero-order valence-corrected chi connectivity index (χ0v) is 14.1. The Morgan fingerprint density at radius 2 is 2.00 bits per heavy atom. The number of amides is 1. The van der Waals surface area contributed by atoms with Crippen LogP contribution in [0.3, 0.4) is 0 Å². The number of rotatable bonds is 5. The lowest BCUT2D eigenvalue weighted by molar-refractivity contribution is 0.0928. The first-order valence-corrected chi connectivity index (χ1v) is 8.42. The van der Waals surface area contributed by atoms with Crippen molar-refractivity contribution < 1.29 is 9.53 Å². The maximum Gasteiger partial charge on any atom is 0.409 e. The number of halogens is 1. The second-order valence-electron chi connectivity index (χ2n) is 5.38. The number of anilines is 1. The van der Waals surface area contributed by atoms with Crippen LogP contribution in [0.5, 0.6) is 0 Å². The molecule has 1 fully saturated rings. The molecule has 0 radical (unpaired) electrons. The Morgan fingerprint density at radius 3 is 2.62 bits per heavy atom. The van der Waals surface area contributed by atoms with Gasteiger partial charge >= 0.3 is 6.09 Å². The number of nitrogens with zero attached hydrogens (tertiary/aromatic N) is 1. The average Bonchev–Trinajstić information content (AvgIpc) is 2.50. The Kier molecular flexibility index (Phi) is 6.36. The highest BCUT2D eigenvalue weighted by Crippen LogP contribution is 2.19. The van der Waals surface area contributed by atoms with E-state index in [1.807, 2.05) is 17.0 Å². The number of piperidine rings is 1. The average molecular weight is 355 g/mol. The summed E-state index contributed by atoms with van der Waals surface area (Å²) < 4.78 is 6.33. The summed E-state index contributed by atoms with van der Waals surface area (Å²) >= 11 is 3.43. The number of hydrogen-bond acceptors (Lipinski definition) is 3. The van der Waals surface area contributed by atoms with E-state index in [-0.39, 0.29) is 6.09 Å². The second kappa shape index (κ2) is 8.27. The zero-order chi connectivity index (χ0) is 15.1. The molecule has 0 atom stereocenters. The van der Waals surface area contributed by atoms with Gasteiger partial charge in [-0.25, -0.2) is 4.79 Å². The maximum absolute atomic E-state index is 11.9. The first-order chi connectivity index (χ1) is 10.2. The summed E-state index contributed by atoms with van der Waals surface area (Å²) in [6, 6.07) is 8.61. The van der Waals surface area contributed by atoms with Crippen molar-refractivity contribution in [2.24, 2.45) is 0 Å². The largest absolute Gasteiger partial charge is 0.449 e. The standard InChI is InChI=1S/C16H23BrN2O2/c1-2-3-12-21-16(20)19-10-8-15(9-11-19)18-14-6-4-13(17)5-7-14/h4-7,15,18H,2-3,8-12H2,1H3. The summed E-state index contributed by atoms with van der Waals surface area (Å²) in [5.41, 5.74) is 1.13. The van der Waals surface area contributed by atoms with E-state index in [2.05, 4.69) is 40.3 Å². The number of benzene rings is 1. The maximum atomic E-state index is 11.9. The molecule has 0 bridgehead atoms. The normalized spacial score (nSPS) is 15.8. The van der Waals surface area contributed by atoms with E-state index in [0.29, 0.717) is 12.6 Å². The Hall–Kier alpha value is -1.23. The molecule has 1 aromatic rings. The van der Waals surface area contributed by atoms with Crippen LogP contribution in [0.2, 0.25) is 0 Å². The monoisotopic (exact) mass is 354 g/mol. The first-order valence-electron chi connectivity index (χ1n) is 7.63. The van der Waals surface area contributed by atoms with Crippen LogP contribution in [0.25, 0.3) is 0 Å². The minimum Gasteiger partial charge on any atom is -0.449 e. The Bertz CT molecular complexity index is 442. The summed E-state index contributed by atoms with van der Waals surface area (Å²) in [4.78, 5) is 13.7. The molecule has 4 nitrogen and oxygen atoms in total. The van der Waals surface area contributed by atoms with Gasteiger partial charge in [0, 0.05) is 29.3 Å². The van der Waals surface area contributed by atoms with Gasteiger partial charge in [-0.15, -0.1) is 0 Å². The van der Waals surface area contributed by atoms with Crippen molar-refractivity contribution in [3.8, 4) is 0 Å². The van der Waals surface area contributed by atoms with Gasteiger partial charge < -0.3 is 15.0 Å². The molecule has 1 aliphatic rings. The van der Waals surface area contributed by atoms with E-state index in [1.54, 1.807) is 0 Å². The molecule has 1 N–H and O–H groups in total. The van der Waals surface area contributed by atoms with E-state index in [9.17, 15) is 4.79 Å². The van der Waals surface area contributed by atoms with Gasteiger partial charge in [-0.3, -0.25) is 0 Å². The van der Waals surface area contributed by atoms with Crippen LogP contribution in [-0.2, 0) is 4.74 Å². The molecule has 116 valence electrons. The highest BCUT2D eigenvalue weighted by Gasteiger charge is 2.23. The second-order valence-corrected chi connectivity index (χ2v) is 6.30. The topological polar surface area (TPSA) is 41.6 Å². The van der Waals surface area contributed by atoms with E-state index in [0.717, 1.165) is 48.9 Å². The predicted octanol–water partition coefficient (Wildman–Crippen LogP) is 4.26. The minimum absolute atomic E-state index is 0.162. The van der Waals surface area contributed by atoms with Gasteiger partial charge in [0.2, 0.25) is 0 Å². The van der Waals surface area contributed by atoms with Crippen LogP contribution in [0.15, 0.2) is 28.7 Å². The van der Waals surface area contributed by atoms with Crippen LogP contribution >= 0.6 is 15.9 Å². The quantitative estimate of drug-likeness (QED) is 0.803. The summed E-state index contributed by atoms with van der Waals surface area (Å²) in [5, 5.41) is 3.52. The smallest absolute Gasteiger partial charge is 0.409 e. The first kappa shape index (κ1) is 16.1. The van der Waals surface area contributed by atoms with Gasteiger partial charge in [-0.05, 0) is 43.5 Å². The fraction of sp³-hybridized carbons (Fsp3) is 0.562. The highest BCUT2D eigenvalue weighted by atomic mass is 79.9. The molecular weight excluding hydrogens is 332 g/mol. The number of carbonyl (C=O) groups excluding carboxylic acids is 1. The van der Waals surface area contributed by atoms with Crippen LogP contribution in [0, 0.1) is 0 Å². The molecule has 0 spiro atoms. The molecule has 1 heterocycles. The number of hydrogen-bond donors (Lipinski definition) is 1. The van der Waals surface area contributed by atoms with Gasteiger partial charge in [0.25, 0.3) is 0 Å². The number of likely N-dealkylation sites (tertiary alicyclic amines) is 1. The SMILES string of the molecule is CCCCOC(=O)N1CCC(Nc2ccc(Br)cc2)CC1. The fourth-order valence-corrected chi connectivity index (χ4v) is 2.65. The molecule has 0 unspecified atom stereocenters. The van der Waals surface area contributed by atoms with Gasteiger partial charge in [-0.1, -0.05) is 29.3 Å². The van der Waals surface area contributed by atoms with Crippen molar-refractivity contribution in [2.45, 2.75) is 38.6 Å². The van der Waals surface area contributed by atoms with E-state index in [1.165, 1.54) is 0 Å². The number of nitrogens with one attached hydrogen (secondary N) is 1. The summed E-state index contributed by atoms with van der Waals surface area (Å²) in [6.45, 7) is 4.15. The molecule has 2 rings (SSSR count). The lowest BCUT2D eigenvalue weighted by Gasteiger charge is -2.32. The van der Waals surface area contributed by atoms with Crippen LogP contribution in [0.1, 0.15) is 32.6 Å². The van der Waals surface area contributed by atoms with Crippen LogP contribution in [0.4, 0.5) is 10.5 Å². The molecule has 0 saturated carbocycles. The van der Waals surface area contributed by atoms with Crippen molar-refractivity contribution in [2.75, 3.05) is 25.0 Å². The van der Waals surface area contributed by atoms with Gasteiger partial charge in [-0.2, -0.15) is 0 Å². The number of carbonyl (C=O) groups is 1. The van der Waals surface area contributed by atoms with Crippen LogP contribution in [-0.4, -0.2) is 36.7 Å². The lowest BCUT2D eigenvalue weighted by Crippen LogP contribution is -2.42. The Balaban J connectivity index is 1.72. The van der Waals surface area contributed by atoms with Gasteiger partial charge in [0.05, 0.1) is 6.61 Å². The third kappa shape index (κ3) is 5.23. The summed E-state index contributed by atoms with van der Waals surface area (Å²) in [6.07, 6.45) is 3.74. The number of unbranched alkanes of at least 4 members (excludes halogenated alkanes) is 1. The molecular formula is C16H23BrN2O2. The van der Waals surface area contributed by atoms with E-state index < -0.39 is 0 Å². The molecule has 0 aliphatic carbocycles. The molecule has 1 aromatic carbocycles. The third-order valence-corrected chi connectivity index (χ3v) is 4.22. The van der Waals surface area contributed by atoms with E-state index >= 15 is 0 Å². The molecule has 1 aliphatic heterocycles. The van der Waals surface area contributed by atoms with Crippen molar-refractivity contribution >= 4 is 27.7 Å². The van der Waals surface area contributed by atoms with Crippen molar-refractivity contribution in [1.29, 1.82) is 0 Å². The fourth-order valence-electron chi connectivity index (χ4n) is 2.38. The van der Waals surface area contributed by atoms with Gasteiger partial charge in [0.1, 0.15) is 0 Å². The molecule has 0 aromatic heterocycles. The Morgan fingerprint density at radius 1 is 1.33 bits per heavy atom. The van der Waals surface area contributed by atoms with Crippen LogP contribution < -0.4 is 5.32 Å². The minimum atomic E-state index is -0.162. The molecule has 5 heteroatoms.